The minimum Gasteiger partial charge on any atom is -0.356 e. The van der Waals surface area contributed by atoms with Gasteiger partial charge in [0.2, 0.25) is 5.91 Å². The van der Waals surface area contributed by atoms with Crippen LogP contribution in [0.4, 0.5) is 10.1 Å². The second-order valence-electron chi connectivity index (χ2n) is 4.47. The molecule has 1 aromatic heterocycles. The van der Waals surface area contributed by atoms with Crippen LogP contribution < -0.4 is 5.32 Å². The first-order valence-electron chi connectivity index (χ1n) is 6.21. The minimum absolute atomic E-state index is 0.102. The van der Waals surface area contributed by atoms with Gasteiger partial charge in [0, 0.05) is 8.96 Å². The third-order valence-electron chi connectivity index (χ3n) is 2.99. The van der Waals surface area contributed by atoms with Gasteiger partial charge in [-0.15, -0.1) is 0 Å². The molecule has 0 aliphatic rings. The van der Waals surface area contributed by atoms with Gasteiger partial charge < -0.3 is 9.84 Å². The predicted molar refractivity (Wildman–Crippen MR) is 85.5 cm³/mol. The number of benzene rings is 2. The van der Waals surface area contributed by atoms with Crippen molar-refractivity contribution in [2.24, 2.45) is 0 Å². The zero-order valence-corrected chi connectivity index (χ0v) is 12.9. The fourth-order valence-corrected chi connectivity index (χ4v) is 2.62. The van der Waals surface area contributed by atoms with E-state index in [-0.39, 0.29) is 18.1 Å². The molecule has 106 valence electrons. The standard InChI is InChI=1S/C15H10FIN2O2/c16-9-5-6-12(11(17)7-9)18-15(20)8-13-10-3-1-2-4-14(10)21-19-13/h1-7H,8H2,(H,18,20). The Bertz CT molecular complexity index is 816. The molecule has 0 spiro atoms. The van der Waals surface area contributed by atoms with Crippen molar-refractivity contribution in [1.29, 1.82) is 0 Å². The Hall–Kier alpha value is -1.96. The molecule has 1 N–H and O–H groups in total. The molecule has 0 aliphatic carbocycles. The summed E-state index contributed by atoms with van der Waals surface area (Å²) in [4.78, 5) is 12.1. The first kappa shape index (κ1) is 14.0. The smallest absolute Gasteiger partial charge is 0.230 e. The highest BCUT2D eigenvalue weighted by Crippen LogP contribution is 2.21. The molecular formula is C15H10FIN2O2. The van der Waals surface area contributed by atoms with E-state index in [2.05, 4.69) is 10.5 Å². The SMILES string of the molecule is O=C(Cc1noc2ccccc12)Nc1ccc(F)cc1I. The topological polar surface area (TPSA) is 55.1 Å². The van der Waals surface area contributed by atoms with Crippen LogP contribution in [0.1, 0.15) is 5.69 Å². The summed E-state index contributed by atoms with van der Waals surface area (Å²) in [5.41, 5.74) is 1.81. The number of hydrogen-bond donors (Lipinski definition) is 1. The number of anilines is 1. The van der Waals surface area contributed by atoms with Gasteiger partial charge in [-0.1, -0.05) is 17.3 Å². The summed E-state index contributed by atoms with van der Waals surface area (Å²) < 4.78 is 18.8. The van der Waals surface area contributed by atoms with E-state index in [1.807, 2.05) is 40.8 Å². The summed E-state index contributed by atoms with van der Waals surface area (Å²) in [6, 6.07) is 11.6. The average molecular weight is 396 g/mol. The molecule has 1 amide bonds. The number of amides is 1. The lowest BCUT2D eigenvalue weighted by Crippen LogP contribution is -2.15. The van der Waals surface area contributed by atoms with Crippen LogP contribution in [0.25, 0.3) is 11.0 Å². The number of nitrogens with zero attached hydrogens (tertiary/aromatic N) is 1. The largest absolute Gasteiger partial charge is 0.356 e. The van der Waals surface area contributed by atoms with E-state index in [1.165, 1.54) is 18.2 Å². The van der Waals surface area contributed by atoms with E-state index in [4.69, 9.17) is 4.52 Å². The molecule has 0 unspecified atom stereocenters. The van der Waals surface area contributed by atoms with Crippen molar-refractivity contribution in [3.63, 3.8) is 0 Å². The van der Waals surface area contributed by atoms with Gasteiger partial charge in [-0.3, -0.25) is 4.79 Å². The first-order valence-corrected chi connectivity index (χ1v) is 7.29. The normalized spacial score (nSPS) is 10.8. The van der Waals surface area contributed by atoms with Gasteiger partial charge in [0.15, 0.2) is 5.58 Å². The Morgan fingerprint density at radius 1 is 1.29 bits per heavy atom. The van der Waals surface area contributed by atoms with Crippen molar-refractivity contribution in [2.45, 2.75) is 6.42 Å². The number of rotatable bonds is 3. The molecule has 0 saturated heterocycles. The summed E-state index contributed by atoms with van der Waals surface area (Å²) in [6.07, 6.45) is 0.102. The maximum absolute atomic E-state index is 13.0. The second kappa shape index (κ2) is 5.80. The van der Waals surface area contributed by atoms with Gasteiger partial charge in [0.25, 0.3) is 0 Å². The number of halogens is 2. The lowest BCUT2D eigenvalue weighted by Gasteiger charge is -2.06. The van der Waals surface area contributed by atoms with Crippen LogP contribution in [0.5, 0.6) is 0 Å². The Labute approximate surface area is 133 Å². The van der Waals surface area contributed by atoms with Crippen LogP contribution in [-0.2, 0) is 11.2 Å². The average Bonchev–Trinajstić information content (AvgIpc) is 2.85. The third kappa shape index (κ3) is 3.05. The van der Waals surface area contributed by atoms with Crippen molar-refractivity contribution < 1.29 is 13.7 Å². The molecule has 0 aliphatic heterocycles. The molecule has 0 bridgehead atoms. The zero-order valence-electron chi connectivity index (χ0n) is 10.8. The summed E-state index contributed by atoms with van der Waals surface area (Å²) in [7, 11) is 0. The molecule has 3 aromatic rings. The number of carbonyl (C=O) groups excluding carboxylic acids is 1. The minimum atomic E-state index is -0.333. The van der Waals surface area contributed by atoms with Gasteiger partial charge >= 0.3 is 0 Å². The fourth-order valence-electron chi connectivity index (χ4n) is 2.00. The number of aromatic nitrogens is 1. The molecule has 0 atom stereocenters. The Morgan fingerprint density at radius 2 is 2.10 bits per heavy atom. The Kier molecular flexibility index (Phi) is 3.87. The molecule has 0 fully saturated rings. The van der Waals surface area contributed by atoms with Crippen molar-refractivity contribution in [2.75, 3.05) is 5.32 Å². The zero-order chi connectivity index (χ0) is 14.8. The number of hydrogen-bond acceptors (Lipinski definition) is 3. The van der Waals surface area contributed by atoms with Gasteiger partial charge in [0.05, 0.1) is 12.1 Å². The van der Waals surface area contributed by atoms with E-state index in [0.717, 1.165) is 5.39 Å². The quantitative estimate of drug-likeness (QED) is 0.687. The van der Waals surface area contributed by atoms with Crippen molar-refractivity contribution in [1.82, 2.24) is 5.16 Å². The van der Waals surface area contributed by atoms with E-state index in [0.29, 0.717) is 20.5 Å². The van der Waals surface area contributed by atoms with Gasteiger partial charge in [-0.25, -0.2) is 4.39 Å². The maximum atomic E-state index is 13.0. The molecule has 2 aromatic carbocycles. The maximum Gasteiger partial charge on any atom is 0.230 e. The molecule has 3 rings (SSSR count). The summed E-state index contributed by atoms with van der Waals surface area (Å²) in [6.45, 7) is 0. The van der Waals surface area contributed by atoms with Crippen LogP contribution in [0.15, 0.2) is 47.0 Å². The third-order valence-corrected chi connectivity index (χ3v) is 3.88. The number of fused-ring (bicyclic) bond motifs is 1. The van der Waals surface area contributed by atoms with Gasteiger partial charge in [-0.2, -0.15) is 0 Å². The molecular weight excluding hydrogens is 386 g/mol. The molecule has 6 heteroatoms. The van der Waals surface area contributed by atoms with Crippen molar-refractivity contribution in [3.8, 4) is 0 Å². The monoisotopic (exact) mass is 396 g/mol. The van der Waals surface area contributed by atoms with E-state index in [9.17, 15) is 9.18 Å². The molecule has 4 nitrogen and oxygen atoms in total. The molecule has 21 heavy (non-hydrogen) atoms. The van der Waals surface area contributed by atoms with Crippen LogP contribution in [0.2, 0.25) is 0 Å². The van der Waals surface area contributed by atoms with Crippen molar-refractivity contribution in [3.05, 3.63) is 57.5 Å². The van der Waals surface area contributed by atoms with Gasteiger partial charge in [-0.05, 0) is 52.9 Å². The Balaban J connectivity index is 1.77. The van der Waals surface area contributed by atoms with Crippen LogP contribution >= 0.6 is 22.6 Å². The fraction of sp³-hybridized carbons (Fsp3) is 0.0667. The van der Waals surface area contributed by atoms with Gasteiger partial charge in [0.1, 0.15) is 11.5 Å². The summed E-state index contributed by atoms with van der Waals surface area (Å²) >= 11 is 1.97. The van der Waals surface area contributed by atoms with E-state index < -0.39 is 0 Å². The lowest BCUT2D eigenvalue weighted by atomic mass is 10.1. The highest BCUT2D eigenvalue weighted by atomic mass is 127. The van der Waals surface area contributed by atoms with Crippen LogP contribution in [-0.4, -0.2) is 11.1 Å². The number of carbonyl (C=O) groups is 1. The van der Waals surface area contributed by atoms with Crippen LogP contribution in [0, 0.1) is 9.39 Å². The first-order chi connectivity index (χ1) is 10.1. The summed E-state index contributed by atoms with van der Waals surface area (Å²) in [5.74, 6) is -0.557. The molecule has 1 heterocycles. The van der Waals surface area contributed by atoms with E-state index >= 15 is 0 Å². The van der Waals surface area contributed by atoms with E-state index in [1.54, 1.807) is 6.07 Å². The van der Waals surface area contributed by atoms with Crippen molar-refractivity contribution >= 4 is 45.2 Å². The summed E-state index contributed by atoms with van der Waals surface area (Å²) in [5, 5.41) is 7.48. The molecule has 0 radical (unpaired) electrons. The van der Waals surface area contributed by atoms with Crippen LogP contribution in [0.3, 0.4) is 0 Å². The Morgan fingerprint density at radius 3 is 2.90 bits per heavy atom. The second-order valence-corrected chi connectivity index (χ2v) is 5.64. The highest BCUT2D eigenvalue weighted by molar-refractivity contribution is 14.1. The highest BCUT2D eigenvalue weighted by Gasteiger charge is 2.13. The number of nitrogens with one attached hydrogen (secondary N) is 1. The molecule has 0 saturated carbocycles. The number of para-hydroxylation sites is 1. The predicted octanol–water partition coefficient (Wildman–Crippen LogP) is 3.75. The lowest BCUT2D eigenvalue weighted by molar-refractivity contribution is -0.115.